The predicted octanol–water partition coefficient (Wildman–Crippen LogP) is 1.66. The summed E-state index contributed by atoms with van der Waals surface area (Å²) in [6.45, 7) is 3.94. The van der Waals surface area contributed by atoms with E-state index in [1.165, 1.54) is 6.26 Å². The lowest BCUT2D eigenvalue weighted by molar-refractivity contribution is -0.139. The van der Waals surface area contributed by atoms with Crippen LogP contribution in [0.2, 0.25) is 0 Å². The number of hydrogen-bond donors (Lipinski definition) is 0. The molecule has 6 heteroatoms. The Labute approximate surface area is 132 Å². The number of carbonyl (C=O) groups is 1. The van der Waals surface area contributed by atoms with Crippen LogP contribution in [0.4, 0.5) is 0 Å². The third-order valence-electron chi connectivity index (χ3n) is 4.00. The molecule has 0 aliphatic carbocycles. The molecule has 5 nitrogen and oxygen atoms in total. The first kappa shape index (κ1) is 17.0. The van der Waals surface area contributed by atoms with Crippen LogP contribution in [0.25, 0.3) is 0 Å². The molecule has 2 rings (SSSR count). The van der Waals surface area contributed by atoms with Crippen LogP contribution >= 0.6 is 0 Å². The van der Waals surface area contributed by atoms with Crippen molar-refractivity contribution in [2.45, 2.75) is 37.1 Å². The second kappa shape index (κ2) is 7.24. The first-order valence-corrected chi connectivity index (χ1v) is 9.47. The molecular formula is C16H23NO4S. The molecule has 1 aliphatic heterocycles. The van der Waals surface area contributed by atoms with Gasteiger partial charge in [-0.3, -0.25) is 4.79 Å². The van der Waals surface area contributed by atoms with Gasteiger partial charge in [-0.15, -0.1) is 0 Å². The second-order valence-corrected chi connectivity index (χ2v) is 7.66. The summed E-state index contributed by atoms with van der Waals surface area (Å²) in [7, 11) is -3.17. The Kier molecular flexibility index (Phi) is 5.58. The molecule has 0 bridgehead atoms. The Morgan fingerprint density at radius 1 is 1.32 bits per heavy atom. The summed E-state index contributed by atoms with van der Waals surface area (Å²) < 4.78 is 28.2. The molecule has 0 N–H and O–H groups in total. The van der Waals surface area contributed by atoms with Crippen molar-refractivity contribution < 1.29 is 17.9 Å². The summed E-state index contributed by atoms with van der Waals surface area (Å²) >= 11 is 0. The maximum Gasteiger partial charge on any atom is 0.223 e. The summed E-state index contributed by atoms with van der Waals surface area (Å²) in [5, 5.41) is 0. The molecule has 0 spiro atoms. The van der Waals surface area contributed by atoms with Gasteiger partial charge in [0, 0.05) is 19.2 Å². The average molecular weight is 325 g/mol. The van der Waals surface area contributed by atoms with Crippen LogP contribution in [0.15, 0.2) is 29.2 Å². The fourth-order valence-corrected chi connectivity index (χ4v) is 3.25. The molecule has 1 amide bonds. The molecule has 1 aromatic rings. The Bertz CT molecular complexity index is 610. The molecule has 1 unspecified atom stereocenters. The van der Waals surface area contributed by atoms with Crippen LogP contribution in [-0.4, -0.2) is 51.3 Å². The Balaban J connectivity index is 1.93. The van der Waals surface area contributed by atoms with Gasteiger partial charge in [0.1, 0.15) is 0 Å². The highest BCUT2D eigenvalue weighted by Gasteiger charge is 2.25. The minimum atomic E-state index is -3.17. The number of benzene rings is 1. The largest absolute Gasteiger partial charge is 0.377 e. The highest BCUT2D eigenvalue weighted by atomic mass is 32.2. The molecular weight excluding hydrogens is 302 g/mol. The number of morpholine rings is 1. The van der Waals surface area contributed by atoms with Crippen LogP contribution in [0, 0.1) is 0 Å². The number of hydrogen-bond acceptors (Lipinski definition) is 4. The Hall–Kier alpha value is -1.40. The summed E-state index contributed by atoms with van der Waals surface area (Å²) in [6, 6.07) is 6.92. The maximum absolute atomic E-state index is 12.3. The monoisotopic (exact) mass is 325 g/mol. The molecule has 1 saturated heterocycles. The van der Waals surface area contributed by atoms with Crippen LogP contribution in [0.3, 0.4) is 0 Å². The minimum Gasteiger partial charge on any atom is -0.377 e. The number of ether oxygens (including phenoxy) is 1. The Morgan fingerprint density at radius 2 is 2.00 bits per heavy atom. The molecule has 1 aromatic carbocycles. The van der Waals surface area contributed by atoms with E-state index in [1.54, 1.807) is 24.3 Å². The van der Waals surface area contributed by atoms with Crippen LogP contribution < -0.4 is 0 Å². The van der Waals surface area contributed by atoms with E-state index in [2.05, 4.69) is 6.92 Å². The van der Waals surface area contributed by atoms with E-state index in [0.29, 0.717) is 37.5 Å². The van der Waals surface area contributed by atoms with E-state index in [0.717, 1.165) is 12.0 Å². The molecule has 1 atom stereocenters. The van der Waals surface area contributed by atoms with Crippen molar-refractivity contribution >= 4 is 15.7 Å². The summed E-state index contributed by atoms with van der Waals surface area (Å²) in [5.74, 6) is 0.141. The third kappa shape index (κ3) is 4.30. The quantitative estimate of drug-likeness (QED) is 0.826. The smallest absolute Gasteiger partial charge is 0.223 e. The van der Waals surface area contributed by atoms with Gasteiger partial charge >= 0.3 is 0 Å². The van der Waals surface area contributed by atoms with Gasteiger partial charge in [0.05, 0.1) is 24.2 Å². The molecule has 1 heterocycles. The second-order valence-electron chi connectivity index (χ2n) is 5.64. The van der Waals surface area contributed by atoms with E-state index in [4.69, 9.17) is 4.74 Å². The van der Waals surface area contributed by atoms with Crippen LogP contribution in [0.5, 0.6) is 0 Å². The zero-order chi connectivity index (χ0) is 16.2. The fraction of sp³-hybridized carbons (Fsp3) is 0.562. The lowest BCUT2D eigenvalue weighted by Gasteiger charge is -2.35. The average Bonchev–Trinajstić information content (AvgIpc) is 2.52. The number of sulfone groups is 1. The van der Waals surface area contributed by atoms with Crippen molar-refractivity contribution in [1.82, 2.24) is 4.90 Å². The van der Waals surface area contributed by atoms with Gasteiger partial charge in [-0.2, -0.15) is 0 Å². The van der Waals surface area contributed by atoms with E-state index in [9.17, 15) is 13.2 Å². The Morgan fingerprint density at radius 3 is 2.59 bits per heavy atom. The topological polar surface area (TPSA) is 63.7 Å². The highest BCUT2D eigenvalue weighted by molar-refractivity contribution is 7.90. The van der Waals surface area contributed by atoms with Gasteiger partial charge in [-0.1, -0.05) is 19.1 Å². The molecule has 22 heavy (non-hydrogen) atoms. The molecule has 122 valence electrons. The van der Waals surface area contributed by atoms with E-state index < -0.39 is 9.84 Å². The van der Waals surface area contributed by atoms with Gasteiger partial charge < -0.3 is 9.64 Å². The summed E-state index contributed by atoms with van der Waals surface area (Å²) in [6.07, 6.45) is 3.15. The van der Waals surface area contributed by atoms with Crippen LogP contribution in [-0.2, 0) is 25.8 Å². The SMILES string of the molecule is CCC1COCCN1C(=O)CCc1ccc(S(C)(=O)=O)cc1. The zero-order valence-electron chi connectivity index (χ0n) is 13.1. The number of carbonyl (C=O) groups excluding carboxylic acids is 1. The third-order valence-corrected chi connectivity index (χ3v) is 5.13. The van der Waals surface area contributed by atoms with Gasteiger partial charge in [-0.25, -0.2) is 8.42 Å². The van der Waals surface area contributed by atoms with Crippen molar-refractivity contribution in [3.05, 3.63) is 29.8 Å². The number of rotatable bonds is 5. The maximum atomic E-state index is 12.3. The lowest BCUT2D eigenvalue weighted by Crippen LogP contribution is -2.48. The fourth-order valence-electron chi connectivity index (χ4n) is 2.62. The molecule has 0 saturated carbocycles. The van der Waals surface area contributed by atoms with Crippen molar-refractivity contribution in [3.63, 3.8) is 0 Å². The van der Waals surface area contributed by atoms with E-state index >= 15 is 0 Å². The van der Waals surface area contributed by atoms with E-state index in [1.807, 2.05) is 4.90 Å². The van der Waals surface area contributed by atoms with Gasteiger partial charge in [0.25, 0.3) is 0 Å². The predicted molar refractivity (Wildman–Crippen MR) is 84.5 cm³/mol. The van der Waals surface area contributed by atoms with Crippen molar-refractivity contribution in [1.29, 1.82) is 0 Å². The van der Waals surface area contributed by atoms with Crippen molar-refractivity contribution in [2.75, 3.05) is 26.0 Å². The molecule has 0 radical (unpaired) electrons. The number of amides is 1. The summed E-state index contributed by atoms with van der Waals surface area (Å²) in [5.41, 5.74) is 0.974. The molecule has 1 aliphatic rings. The molecule has 1 fully saturated rings. The lowest BCUT2D eigenvalue weighted by atomic mass is 10.1. The van der Waals surface area contributed by atoms with Crippen molar-refractivity contribution in [3.8, 4) is 0 Å². The highest BCUT2D eigenvalue weighted by Crippen LogP contribution is 2.15. The first-order valence-electron chi connectivity index (χ1n) is 7.58. The van der Waals surface area contributed by atoms with Crippen molar-refractivity contribution in [2.24, 2.45) is 0 Å². The van der Waals surface area contributed by atoms with Gasteiger partial charge in [0.15, 0.2) is 9.84 Å². The normalized spacial score (nSPS) is 19.2. The van der Waals surface area contributed by atoms with Crippen LogP contribution in [0.1, 0.15) is 25.3 Å². The first-order chi connectivity index (χ1) is 10.4. The number of aryl methyl sites for hydroxylation is 1. The minimum absolute atomic E-state index is 0.141. The number of nitrogens with zero attached hydrogens (tertiary/aromatic N) is 1. The zero-order valence-corrected chi connectivity index (χ0v) is 13.9. The van der Waals surface area contributed by atoms with Gasteiger partial charge in [-0.05, 0) is 30.5 Å². The standard InChI is InChI=1S/C16H23NO4S/c1-3-14-12-21-11-10-17(14)16(18)9-6-13-4-7-15(8-5-13)22(2,19)20/h4-5,7-8,14H,3,6,9-12H2,1-2H3. The summed E-state index contributed by atoms with van der Waals surface area (Å²) in [4.78, 5) is 14.6. The van der Waals surface area contributed by atoms with E-state index in [-0.39, 0.29) is 11.9 Å². The van der Waals surface area contributed by atoms with Gasteiger partial charge in [0.2, 0.25) is 5.91 Å². The molecule has 0 aromatic heterocycles.